The van der Waals surface area contributed by atoms with E-state index in [0.717, 1.165) is 12.0 Å². The third-order valence-electron chi connectivity index (χ3n) is 3.39. The fourth-order valence-electron chi connectivity index (χ4n) is 2.30. The second-order valence-electron chi connectivity index (χ2n) is 5.06. The third-order valence-corrected chi connectivity index (χ3v) is 3.39. The van der Waals surface area contributed by atoms with E-state index in [-0.39, 0.29) is 11.9 Å². The van der Waals surface area contributed by atoms with E-state index in [1.807, 2.05) is 11.0 Å². The van der Waals surface area contributed by atoms with Crippen LogP contribution in [0.5, 0.6) is 5.88 Å². The number of carboxylic acids is 1. The first-order valence-corrected chi connectivity index (χ1v) is 6.65. The molecule has 0 spiro atoms. The summed E-state index contributed by atoms with van der Waals surface area (Å²) in [5, 5.41) is 7.12. The summed E-state index contributed by atoms with van der Waals surface area (Å²) in [6, 6.07) is 2.03. The van der Waals surface area contributed by atoms with Crippen molar-refractivity contribution in [3.8, 4) is 5.88 Å². The molecular weight excluding hydrogens is 319 g/mol. The Morgan fingerprint density at radius 1 is 1.48 bits per heavy atom. The van der Waals surface area contributed by atoms with Gasteiger partial charge < -0.3 is 20.5 Å². The van der Waals surface area contributed by atoms with Crippen molar-refractivity contribution in [3.05, 3.63) is 17.8 Å². The largest absolute Gasteiger partial charge is 0.490 e. The van der Waals surface area contributed by atoms with Gasteiger partial charge in [0.15, 0.2) is 0 Å². The normalized spacial score (nSPS) is 19.7. The number of pyridine rings is 1. The lowest BCUT2D eigenvalue weighted by atomic mass is 10.2. The number of aliphatic carboxylic acids is 1. The highest BCUT2D eigenvalue weighted by molar-refractivity contribution is 5.79. The molecule has 3 rings (SSSR count). The number of alkyl halides is 3. The lowest BCUT2D eigenvalue weighted by molar-refractivity contribution is -0.192. The third kappa shape index (κ3) is 4.02. The number of amides is 1. The number of rotatable bonds is 0. The van der Waals surface area contributed by atoms with Crippen molar-refractivity contribution in [2.45, 2.75) is 31.6 Å². The Hall–Kier alpha value is -2.52. The number of halogens is 3. The van der Waals surface area contributed by atoms with E-state index < -0.39 is 12.1 Å². The van der Waals surface area contributed by atoms with E-state index in [9.17, 15) is 18.0 Å². The summed E-state index contributed by atoms with van der Waals surface area (Å²) in [6.07, 6.45) is -2.00. The molecule has 0 bridgehead atoms. The average Bonchev–Trinajstić information content (AvgIpc) is 2.69. The predicted octanol–water partition coefficient (Wildman–Crippen LogP) is 1.18. The van der Waals surface area contributed by atoms with Gasteiger partial charge in [0.2, 0.25) is 11.8 Å². The van der Waals surface area contributed by atoms with Crippen molar-refractivity contribution >= 4 is 17.6 Å². The van der Waals surface area contributed by atoms with Crippen molar-refractivity contribution < 1.29 is 32.6 Å². The predicted molar refractivity (Wildman–Crippen MR) is 71.4 cm³/mol. The fourth-order valence-corrected chi connectivity index (χ4v) is 2.30. The smallest absolute Gasteiger partial charge is 0.475 e. The van der Waals surface area contributed by atoms with E-state index in [4.69, 9.17) is 20.4 Å². The Bertz CT molecular complexity index is 621. The summed E-state index contributed by atoms with van der Waals surface area (Å²) in [4.78, 5) is 26.6. The van der Waals surface area contributed by atoms with Gasteiger partial charge in [0.25, 0.3) is 0 Å². The van der Waals surface area contributed by atoms with Gasteiger partial charge in [0.1, 0.15) is 6.61 Å². The van der Waals surface area contributed by atoms with Crippen LogP contribution in [-0.2, 0) is 16.1 Å². The number of nitrogens with two attached hydrogens (primary N) is 1. The van der Waals surface area contributed by atoms with Crippen LogP contribution in [0.1, 0.15) is 18.4 Å². The summed E-state index contributed by atoms with van der Waals surface area (Å²) in [5.74, 6) is -1.95. The Morgan fingerprint density at radius 3 is 2.74 bits per heavy atom. The van der Waals surface area contributed by atoms with Gasteiger partial charge in [0, 0.05) is 12.0 Å². The van der Waals surface area contributed by atoms with Crippen molar-refractivity contribution in [1.82, 2.24) is 9.88 Å². The number of carbonyl (C=O) groups excluding carboxylic acids is 1. The summed E-state index contributed by atoms with van der Waals surface area (Å²) < 4.78 is 37.3. The van der Waals surface area contributed by atoms with Crippen LogP contribution < -0.4 is 10.5 Å². The zero-order valence-corrected chi connectivity index (χ0v) is 11.8. The molecule has 0 saturated carbocycles. The van der Waals surface area contributed by atoms with Gasteiger partial charge in [-0.3, -0.25) is 4.79 Å². The van der Waals surface area contributed by atoms with Crippen molar-refractivity contribution in [2.75, 3.05) is 12.3 Å². The molecule has 1 fully saturated rings. The number of carbonyl (C=O) groups is 2. The van der Waals surface area contributed by atoms with Gasteiger partial charge in [0.05, 0.1) is 24.5 Å². The maximum absolute atomic E-state index is 11.7. The van der Waals surface area contributed by atoms with Gasteiger partial charge >= 0.3 is 12.1 Å². The van der Waals surface area contributed by atoms with Crippen LogP contribution in [0.15, 0.2) is 12.3 Å². The van der Waals surface area contributed by atoms with Gasteiger partial charge in [-0.2, -0.15) is 13.2 Å². The Labute approximate surface area is 128 Å². The molecule has 2 aliphatic rings. The SMILES string of the molecule is Nc1cnc2c(c1)CN1C(=O)CC[C@H]1CO2.O=C(O)C(F)(F)F. The lowest BCUT2D eigenvalue weighted by Crippen LogP contribution is -2.34. The lowest BCUT2D eigenvalue weighted by Gasteiger charge is -2.20. The van der Waals surface area contributed by atoms with Crippen LogP contribution in [0, 0.1) is 0 Å². The van der Waals surface area contributed by atoms with Gasteiger partial charge in [-0.15, -0.1) is 0 Å². The van der Waals surface area contributed by atoms with E-state index in [0.29, 0.717) is 31.1 Å². The molecule has 0 aromatic carbocycles. The number of fused-ring (bicyclic) bond motifs is 2. The maximum Gasteiger partial charge on any atom is 0.490 e. The van der Waals surface area contributed by atoms with Crippen LogP contribution in [-0.4, -0.2) is 45.7 Å². The summed E-state index contributed by atoms with van der Waals surface area (Å²) >= 11 is 0. The van der Waals surface area contributed by atoms with Crippen LogP contribution in [0.3, 0.4) is 0 Å². The van der Waals surface area contributed by atoms with Crippen molar-refractivity contribution in [1.29, 1.82) is 0 Å². The zero-order valence-electron chi connectivity index (χ0n) is 11.8. The fraction of sp³-hybridized carbons (Fsp3) is 0.462. The first kappa shape index (κ1) is 16.8. The maximum atomic E-state index is 11.7. The monoisotopic (exact) mass is 333 g/mol. The average molecular weight is 333 g/mol. The number of hydrogen-bond acceptors (Lipinski definition) is 5. The van der Waals surface area contributed by atoms with E-state index >= 15 is 0 Å². The molecule has 10 heteroatoms. The van der Waals surface area contributed by atoms with Gasteiger partial charge in [-0.05, 0) is 12.5 Å². The van der Waals surface area contributed by atoms with Crippen LogP contribution >= 0.6 is 0 Å². The molecule has 0 unspecified atom stereocenters. The molecule has 126 valence electrons. The second-order valence-corrected chi connectivity index (χ2v) is 5.06. The van der Waals surface area contributed by atoms with Crippen LogP contribution in [0.2, 0.25) is 0 Å². The highest BCUT2D eigenvalue weighted by Gasteiger charge is 2.38. The van der Waals surface area contributed by atoms with Crippen molar-refractivity contribution in [3.63, 3.8) is 0 Å². The molecule has 1 saturated heterocycles. The molecule has 0 radical (unpaired) electrons. The Kier molecular flexibility index (Phi) is 4.62. The molecule has 1 aromatic heterocycles. The molecular formula is C13H14F3N3O4. The van der Waals surface area contributed by atoms with E-state index in [1.54, 1.807) is 6.20 Å². The Morgan fingerprint density at radius 2 is 2.13 bits per heavy atom. The molecule has 2 aliphatic heterocycles. The summed E-state index contributed by atoms with van der Waals surface area (Å²) in [7, 11) is 0. The highest BCUT2D eigenvalue weighted by Crippen LogP contribution is 2.29. The van der Waals surface area contributed by atoms with Crippen LogP contribution in [0.4, 0.5) is 18.9 Å². The standard InChI is InChI=1S/C11H13N3O2.C2HF3O2/c12-8-3-7-5-14-9(1-2-10(14)15)6-16-11(7)13-4-8;3-2(4,5)1(6)7/h3-4,9H,1-2,5-6,12H2;(H,6,7)/t9-;/m0./s1. The van der Waals surface area contributed by atoms with Crippen molar-refractivity contribution in [2.24, 2.45) is 0 Å². The number of ether oxygens (including phenoxy) is 1. The Balaban J connectivity index is 0.000000236. The molecule has 23 heavy (non-hydrogen) atoms. The van der Waals surface area contributed by atoms with Gasteiger partial charge in [-0.1, -0.05) is 0 Å². The van der Waals surface area contributed by atoms with Gasteiger partial charge in [-0.25, -0.2) is 9.78 Å². The highest BCUT2D eigenvalue weighted by atomic mass is 19.4. The second kappa shape index (κ2) is 6.31. The number of carboxylic acid groups (broad SMARTS) is 1. The molecule has 1 amide bonds. The first-order valence-electron chi connectivity index (χ1n) is 6.65. The molecule has 7 nitrogen and oxygen atoms in total. The number of nitrogens with zero attached hydrogens (tertiary/aromatic N) is 2. The van der Waals surface area contributed by atoms with E-state index in [2.05, 4.69) is 4.98 Å². The molecule has 0 aliphatic carbocycles. The zero-order chi connectivity index (χ0) is 17.2. The topological polar surface area (TPSA) is 106 Å². The number of hydrogen-bond donors (Lipinski definition) is 2. The minimum atomic E-state index is -5.08. The number of aromatic nitrogens is 1. The minimum Gasteiger partial charge on any atom is -0.475 e. The molecule has 1 atom stereocenters. The first-order chi connectivity index (χ1) is 10.7. The quantitative estimate of drug-likeness (QED) is 0.738. The number of nitrogen functional groups attached to an aromatic ring is 1. The minimum absolute atomic E-state index is 0.197. The van der Waals surface area contributed by atoms with Crippen LogP contribution in [0.25, 0.3) is 0 Å². The molecule has 1 aromatic rings. The molecule has 3 N–H and O–H groups in total. The summed E-state index contributed by atoms with van der Waals surface area (Å²) in [6.45, 7) is 1.10. The molecule has 3 heterocycles. The number of anilines is 1. The van der Waals surface area contributed by atoms with E-state index in [1.165, 1.54) is 0 Å². The summed E-state index contributed by atoms with van der Waals surface area (Å²) in [5.41, 5.74) is 7.19.